The maximum atomic E-state index is 12.4. The Morgan fingerprint density at radius 3 is 2.80 bits per heavy atom. The number of halogens is 2. The monoisotopic (exact) mass is 554 g/mol. The lowest BCUT2D eigenvalue weighted by molar-refractivity contribution is 0.323. The summed E-state index contributed by atoms with van der Waals surface area (Å²) in [6.07, 6.45) is 2.55. The Balaban J connectivity index is 1.97. The molecular weight excluding hydrogens is 535 g/mol. The number of rotatable bonds is 7. The number of hydrogen-bond acceptors (Lipinski definition) is 4. The van der Waals surface area contributed by atoms with Gasteiger partial charge in [0.05, 0.1) is 27.8 Å². The third kappa shape index (κ3) is 4.02. The lowest BCUT2D eigenvalue weighted by Gasteiger charge is -2.11. The number of alkyl halides is 1. The van der Waals surface area contributed by atoms with Gasteiger partial charge in [-0.25, -0.2) is 13.4 Å². The van der Waals surface area contributed by atoms with Gasteiger partial charge >= 0.3 is 0 Å². The summed E-state index contributed by atoms with van der Waals surface area (Å²) in [4.78, 5) is 8.09. The summed E-state index contributed by atoms with van der Waals surface area (Å²) in [5, 5.41) is 2.32. The summed E-state index contributed by atoms with van der Waals surface area (Å²) in [5.74, 6) is 0.798. The molecule has 4 aromatic rings. The minimum Gasteiger partial charge on any atom is -0.491 e. The summed E-state index contributed by atoms with van der Waals surface area (Å²) in [7, 11) is -3.31. The molecular formula is C22H20ClIN2O3S. The van der Waals surface area contributed by atoms with E-state index in [9.17, 15) is 8.42 Å². The van der Waals surface area contributed by atoms with Gasteiger partial charge in [0.2, 0.25) is 0 Å². The van der Waals surface area contributed by atoms with E-state index < -0.39 is 9.84 Å². The summed E-state index contributed by atoms with van der Waals surface area (Å²) >= 11 is 8.56. The number of hydrogen-bond donors (Lipinski definition) is 1. The quantitative estimate of drug-likeness (QED) is 0.172. The van der Waals surface area contributed by atoms with E-state index in [-0.39, 0.29) is 5.75 Å². The Bertz CT molecular complexity index is 1340. The fourth-order valence-corrected chi connectivity index (χ4v) is 4.85. The molecule has 0 unspecified atom stereocenters. The zero-order valence-electron chi connectivity index (χ0n) is 16.3. The first-order chi connectivity index (χ1) is 14.4. The molecule has 4 rings (SSSR count). The van der Waals surface area contributed by atoms with Gasteiger partial charge in [0, 0.05) is 21.4 Å². The van der Waals surface area contributed by atoms with Gasteiger partial charge < -0.3 is 9.72 Å². The summed E-state index contributed by atoms with van der Waals surface area (Å²) in [5.41, 5.74) is 3.25. The molecule has 0 spiro atoms. The highest BCUT2D eigenvalue weighted by Gasteiger charge is 2.18. The highest BCUT2D eigenvalue weighted by atomic mass is 127. The van der Waals surface area contributed by atoms with E-state index in [1.54, 1.807) is 31.3 Å². The Hall–Kier alpha value is -1.84. The molecule has 5 nitrogen and oxygen atoms in total. The van der Waals surface area contributed by atoms with Crippen LogP contribution in [-0.4, -0.2) is 35.2 Å². The summed E-state index contributed by atoms with van der Waals surface area (Å²) in [6, 6.07) is 12.8. The van der Waals surface area contributed by atoms with Gasteiger partial charge in [0.15, 0.2) is 9.84 Å². The third-order valence-corrected chi connectivity index (χ3v) is 7.66. The van der Waals surface area contributed by atoms with Crippen LogP contribution in [0.1, 0.15) is 13.3 Å². The molecule has 8 heteroatoms. The smallest absolute Gasteiger partial charge is 0.178 e. The third-order valence-electron chi connectivity index (χ3n) is 4.95. The van der Waals surface area contributed by atoms with Crippen LogP contribution in [0.2, 0.25) is 5.02 Å². The molecule has 30 heavy (non-hydrogen) atoms. The molecule has 0 radical (unpaired) electrons. The molecule has 2 aromatic carbocycles. The largest absolute Gasteiger partial charge is 0.491 e. The zero-order valence-corrected chi connectivity index (χ0v) is 20.0. The number of sulfone groups is 1. The number of H-pyrrole nitrogens is 1. The van der Waals surface area contributed by atoms with Gasteiger partial charge in [0.25, 0.3) is 0 Å². The molecule has 0 amide bonds. The van der Waals surface area contributed by atoms with E-state index in [1.165, 1.54) is 0 Å². The van der Waals surface area contributed by atoms with Crippen LogP contribution in [0.4, 0.5) is 0 Å². The second-order valence-electron chi connectivity index (χ2n) is 6.86. The lowest BCUT2D eigenvalue weighted by Crippen LogP contribution is -2.03. The second kappa shape index (κ2) is 8.72. The van der Waals surface area contributed by atoms with E-state index in [0.29, 0.717) is 22.2 Å². The molecule has 1 N–H and O–H groups in total. The second-order valence-corrected chi connectivity index (χ2v) is 10.7. The van der Waals surface area contributed by atoms with E-state index in [2.05, 4.69) is 32.6 Å². The van der Waals surface area contributed by atoms with Crippen molar-refractivity contribution in [1.29, 1.82) is 0 Å². The van der Waals surface area contributed by atoms with Crippen LogP contribution >= 0.6 is 34.2 Å². The fourth-order valence-electron chi connectivity index (χ4n) is 3.46. The molecule has 0 aliphatic rings. The highest BCUT2D eigenvalue weighted by molar-refractivity contribution is 14.1. The van der Waals surface area contributed by atoms with Gasteiger partial charge in [-0.2, -0.15) is 0 Å². The van der Waals surface area contributed by atoms with Gasteiger partial charge in [-0.05, 0) is 47.9 Å². The van der Waals surface area contributed by atoms with Gasteiger partial charge in [-0.1, -0.05) is 53.2 Å². The number of pyridine rings is 1. The van der Waals surface area contributed by atoms with Crippen molar-refractivity contribution in [2.24, 2.45) is 0 Å². The topological polar surface area (TPSA) is 72.1 Å². The molecule has 156 valence electrons. The maximum absolute atomic E-state index is 12.4. The summed E-state index contributed by atoms with van der Waals surface area (Å²) in [6.45, 7) is 2.26. The molecule has 2 heterocycles. The first kappa shape index (κ1) is 21.4. The van der Waals surface area contributed by atoms with Gasteiger partial charge in [0.1, 0.15) is 11.4 Å². The molecule has 0 aliphatic heterocycles. The minimum absolute atomic E-state index is 0.0576. The van der Waals surface area contributed by atoms with Crippen molar-refractivity contribution in [3.05, 3.63) is 53.7 Å². The molecule has 0 atom stereocenters. The van der Waals surface area contributed by atoms with Crippen molar-refractivity contribution >= 4 is 66.0 Å². The van der Waals surface area contributed by atoms with Crippen LogP contribution in [-0.2, 0) is 9.84 Å². The van der Waals surface area contributed by atoms with E-state index >= 15 is 0 Å². The van der Waals surface area contributed by atoms with Crippen molar-refractivity contribution in [3.63, 3.8) is 0 Å². The van der Waals surface area contributed by atoms with E-state index in [4.69, 9.17) is 16.3 Å². The van der Waals surface area contributed by atoms with Crippen LogP contribution in [0.3, 0.4) is 0 Å². The Kier molecular flexibility index (Phi) is 6.22. The Morgan fingerprint density at radius 1 is 1.20 bits per heavy atom. The normalized spacial score (nSPS) is 12.0. The van der Waals surface area contributed by atoms with E-state index in [1.807, 2.05) is 24.3 Å². The predicted octanol–water partition coefficient (Wildman–Crippen LogP) is 6.03. The van der Waals surface area contributed by atoms with Crippen molar-refractivity contribution in [1.82, 2.24) is 9.97 Å². The Morgan fingerprint density at radius 2 is 2.03 bits per heavy atom. The van der Waals surface area contributed by atoms with Crippen LogP contribution in [0.5, 0.6) is 5.75 Å². The fraction of sp³-hybridized carbons (Fsp3) is 0.227. The lowest BCUT2D eigenvalue weighted by atomic mass is 9.99. The number of fused-ring (bicyclic) bond motifs is 3. The number of nitrogens with zero attached hydrogens (tertiary/aromatic N) is 1. The van der Waals surface area contributed by atoms with Crippen LogP contribution in [0.25, 0.3) is 33.1 Å². The molecule has 0 bridgehead atoms. The number of ether oxygens (including phenoxy) is 1. The average Bonchev–Trinajstić information content (AvgIpc) is 3.13. The molecule has 0 saturated heterocycles. The zero-order chi connectivity index (χ0) is 21.3. The van der Waals surface area contributed by atoms with Crippen molar-refractivity contribution in [2.75, 3.05) is 16.8 Å². The number of aromatic amines is 1. The highest BCUT2D eigenvalue weighted by Crippen LogP contribution is 2.40. The standard InChI is InChI=1S/C22H20ClIN2O3S/c1-2-30(27,28)16-6-3-5-14(11-16)17-7-8-19(29-10-4-9-24)21-20(17)18-12-15(23)13-25-22(18)26-21/h3,5-8,11-13H,2,4,9-10H2,1H3,(H,25,26). The molecule has 0 saturated carbocycles. The minimum atomic E-state index is -3.31. The van der Waals surface area contributed by atoms with Crippen molar-refractivity contribution < 1.29 is 13.2 Å². The van der Waals surface area contributed by atoms with Crippen molar-refractivity contribution in [2.45, 2.75) is 18.2 Å². The molecule has 0 aliphatic carbocycles. The SMILES string of the molecule is CCS(=O)(=O)c1cccc(-c2ccc(OCCCI)c3[nH]c4ncc(Cl)cc4c23)c1. The predicted molar refractivity (Wildman–Crippen MR) is 131 cm³/mol. The number of benzene rings is 2. The van der Waals surface area contributed by atoms with Crippen LogP contribution in [0.15, 0.2) is 53.6 Å². The van der Waals surface area contributed by atoms with Crippen LogP contribution in [0, 0.1) is 0 Å². The first-order valence-electron chi connectivity index (χ1n) is 9.56. The molecule has 0 fully saturated rings. The van der Waals surface area contributed by atoms with Crippen molar-refractivity contribution in [3.8, 4) is 16.9 Å². The number of nitrogens with one attached hydrogen (secondary N) is 1. The van der Waals surface area contributed by atoms with Gasteiger partial charge in [-0.15, -0.1) is 0 Å². The maximum Gasteiger partial charge on any atom is 0.178 e. The average molecular weight is 555 g/mol. The number of aromatic nitrogens is 2. The van der Waals surface area contributed by atoms with E-state index in [0.717, 1.165) is 44.0 Å². The molecule has 2 aromatic heterocycles. The first-order valence-corrected chi connectivity index (χ1v) is 13.1. The summed E-state index contributed by atoms with van der Waals surface area (Å²) < 4.78 is 31.8. The Labute approximate surface area is 193 Å². The van der Waals surface area contributed by atoms with Gasteiger partial charge in [-0.3, -0.25) is 0 Å². The van der Waals surface area contributed by atoms with Crippen LogP contribution < -0.4 is 4.74 Å².